The molecule has 1 aromatic carbocycles. The summed E-state index contributed by atoms with van der Waals surface area (Å²) in [6.45, 7) is 1.88. The first-order valence-corrected chi connectivity index (χ1v) is 7.68. The van der Waals surface area contributed by atoms with Crippen LogP contribution in [0.3, 0.4) is 0 Å². The zero-order valence-corrected chi connectivity index (χ0v) is 10.7. The lowest BCUT2D eigenvalue weighted by Gasteiger charge is -2.25. The number of sulfone groups is 1. The van der Waals surface area contributed by atoms with Gasteiger partial charge in [0.2, 0.25) is 0 Å². The summed E-state index contributed by atoms with van der Waals surface area (Å²) in [4.78, 5) is 5.98. The van der Waals surface area contributed by atoms with E-state index in [2.05, 4.69) is 0 Å². The zero-order chi connectivity index (χ0) is 12.3. The Labute approximate surface area is 102 Å². The normalized spacial score (nSPS) is 17.9. The fraction of sp³-hybridized carbons (Fsp3) is 0.500. The molecule has 1 aromatic rings. The molecule has 2 rings (SSSR count). The molecule has 1 aliphatic heterocycles. The number of hydrogen-bond acceptors (Lipinski definition) is 4. The van der Waals surface area contributed by atoms with Crippen LogP contribution in [0.2, 0.25) is 0 Å². The molecule has 0 atom stereocenters. The molecule has 0 aromatic heterocycles. The summed E-state index contributed by atoms with van der Waals surface area (Å²) >= 11 is 0. The highest BCUT2D eigenvalue weighted by atomic mass is 32.2. The Balaban J connectivity index is 2.03. The molecule has 94 valence electrons. The fourth-order valence-electron chi connectivity index (χ4n) is 1.85. The Hall–Kier alpha value is -1.07. The summed E-state index contributed by atoms with van der Waals surface area (Å²) in [5, 5.41) is 1.93. The summed E-state index contributed by atoms with van der Waals surface area (Å²) in [6, 6.07) is 6.55. The molecular weight excluding hydrogens is 238 g/mol. The van der Waals surface area contributed by atoms with E-state index >= 15 is 0 Å². The summed E-state index contributed by atoms with van der Waals surface area (Å²) in [7, 11) is -3.12. The van der Waals surface area contributed by atoms with E-state index in [1.165, 1.54) is 12.7 Å². The quantitative estimate of drug-likeness (QED) is 0.827. The third-order valence-corrected chi connectivity index (χ3v) is 3.93. The van der Waals surface area contributed by atoms with Crippen molar-refractivity contribution >= 4 is 9.84 Å². The van der Waals surface area contributed by atoms with Gasteiger partial charge in [-0.25, -0.2) is 8.42 Å². The topological polar surface area (TPSA) is 46.6 Å². The minimum absolute atomic E-state index is 0.323. The highest BCUT2D eigenvalue weighted by Gasteiger charge is 2.12. The molecule has 4 nitrogen and oxygen atoms in total. The average molecular weight is 255 g/mol. The average Bonchev–Trinajstić information content (AvgIpc) is 2.30. The highest BCUT2D eigenvalue weighted by molar-refractivity contribution is 7.90. The van der Waals surface area contributed by atoms with E-state index in [9.17, 15) is 8.42 Å². The van der Waals surface area contributed by atoms with Gasteiger partial charge in [0.05, 0.1) is 4.90 Å². The van der Waals surface area contributed by atoms with Crippen LogP contribution in [0.5, 0.6) is 5.75 Å². The lowest BCUT2D eigenvalue weighted by Crippen LogP contribution is -2.32. The van der Waals surface area contributed by atoms with E-state index in [1.807, 2.05) is 5.06 Å². The summed E-state index contributed by atoms with van der Waals surface area (Å²) in [6.07, 6.45) is 4.77. The van der Waals surface area contributed by atoms with Crippen LogP contribution in [0.15, 0.2) is 29.2 Å². The van der Waals surface area contributed by atoms with E-state index in [4.69, 9.17) is 4.84 Å². The van der Waals surface area contributed by atoms with Gasteiger partial charge in [0, 0.05) is 19.3 Å². The number of piperidine rings is 1. The molecule has 0 amide bonds. The standard InChI is InChI=1S/C12H17NO3S/c1-17(14,15)12-7-5-11(6-8-12)16-13-9-3-2-4-10-13/h5-8H,2-4,9-10H2,1H3. The van der Waals surface area contributed by atoms with Gasteiger partial charge in [-0.05, 0) is 37.1 Å². The highest BCUT2D eigenvalue weighted by Crippen LogP contribution is 2.18. The summed E-state index contributed by atoms with van der Waals surface area (Å²) in [5.74, 6) is 0.694. The van der Waals surface area contributed by atoms with E-state index in [-0.39, 0.29) is 0 Å². The Bertz CT molecular complexity index is 461. The van der Waals surface area contributed by atoms with Crippen molar-refractivity contribution in [3.63, 3.8) is 0 Å². The van der Waals surface area contributed by atoms with Crippen LogP contribution in [0, 0.1) is 0 Å². The van der Waals surface area contributed by atoms with Crippen LogP contribution in [0.1, 0.15) is 19.3 Å². The molecular formula is C12H17NO3S. The molecule has 1 heterocycles. The first-order chi connectivity index (χ1) is 8.05. The zero-order valence-electron chi connectivity index (χ0n) is 9.93. The number of nitrogens with zero attached hydrogens (tertiary/aromatic N) is 1. The molecule has 0 radical (unpaired) electrons. The van der Waals surface area contributed by atoms with Crippen molar-refractivity contribution in [2.45, 2.75) is 24.2 Å². The maximum atomic E-state index is 11.3. The molecule has 1 aliphatic rings. The van der Waals surface area contributed by atoms with Gasteiger partial charge in [-0.3, -0.25) is 0 Å². The number of hydrogen-bond donors (Lipinski definition) is 0. The second kappa shape index (κ2) is 5.06. The summed E-state index contributed by atoms with van der Waals surface area (Å²) < 4.78 is 22.6. The molecule has 0 aliphatic carbocycles. The Morgan fingerprint density at radius 1 is 1.06 bits per heavy atom. The Morgan fingerprint density at radius 2 is 1.65 bits per heavy atom. The molecule has 0 saturated carbocycles. The van der Waals surface area contributed by atoms with E-state index < -0.39 is 9.84 Å². The van der Waals surface area contributed by atoms with Gasteiger partial charge in [0.25, 0.3) is 0 Å². The van der Waals surface area contributed by atoms with Crippen LogP contribution in [0.4, 0.5) is 0 Å². The lowest BCUT2D eigenvalue weighted by molar-refractivity contribution is -0.0720. The molecule has 0 N–H and O–H groups in total. The molecule has 0 bridgehead atoms. The minimum atomic E-state index is -3.12. The van der Waals surface area contributed by atoms with E-state index in [1.54, 1.807) is 24.3 Å². The van der Waals surface area contributed by atoms with E-state index in [0.717, 1.165) is 25.9 Å². The van der Waals surface area contributed by atoms with Crippen molar-refractivity contribution < 1.29 is 13.3 Å². The van der Waals surface area contributed by atoms with Crippen molar-refractivity contribution in [1.29, 1.82) is 0 Å². The SMILES string of the molecule is CS(=O)(=O)c1ccc(ON2CCCCC2)cc1. The van der Waals surface area contributed by atoms with Crippen molar-refractivity contribution in [2.75, 3.05) is 19.3 Å². The summed E-state index contributed by atoms with van der Waals surface area (Å²) in [5.41, 5.74) is 0. The van der Waals surface area contributed by atoms with Crippen molar-refractivity contribution in [3.8, 4) is 5.75 Å². The van der Waals surface area contributed by atoms with Crippen LogP contribution in [-0.4, -0.2) is 32.8 Å². The predicted molar refractivity (Wildman–Crippen MR) is 65.6 cm³/mol. The van der Waals surface area contributed by atoms with E-state index in [0.29, 0.717) is 10.6 Å². The van der Waals surface area contributed by atoms with Crippen LogP contribution in [0.25, 0.3) is 0 Å². The largest absolute Gasteiger partial charge is 0.406 e. The third-order valence-electron chi connectivity index (χ3n) is 2.80. The first kappa shape index (κ1) is 12.4. The van der Waals surface area contributed by atoms with Gasteiger partial charge >= 0.3 is 0 Å². The van der Waals surface area contributed by atoms with Gasteiger partial charge in [-0.15, -0.1) is 5.06 Å². The monoisotopic (exact) mass is 255 g/mol. The van der Waals surface area contributed by atoms with Gasteiger partial charge < -0.3 is 4.84 Å². The number of benzene rings is 1. The second-order valence-electron chi connectivity index (χ2n) is 4.32. The molecule has 17 heavy (non-hydrogen) atoms. The van der Waals surface area contributed by atoms with Crippen molar-refractivity contribution in [2.24, 2.45) is 0 Å². The maximum Gasteiger partial charge on any atom is 0.175 e. The number of rotatable bonds is 3. The Morgan fingerprint density at radius 3 is 2.18 bits per heavy atom. The van der Waals surface area contributed by atoms with Gasteiger partial charge in [-0.1, -0.05) is 6.42 Å². The molecule has 1 saturated heterocycles. The first-order valence-electron chi connectivity index (χ1n) is 5.79. The van der Waals surface area contributed by atoms with Crippen LogP contribution < -0.4 is 4.84 Å². The minimum Gasteiger partial charge on any atom is -0.406 e. The van der Waals surface area contributed by atoms with Gasteiger partial charge in [-0.2, -0.15) is 0 Å². The molecule has 0 spiro atoms. The van der Waals surface area contributed by atoms with Crippen LogP contribution in [-0.2, 0) is 9.84 Å². The smallest absolute Gasteiger partial charge is 0.175 e. The van der Waals surface area contributed by atoms with Crippen molar-refractivity contribution in [3.05, 3.63) is 24.3 Å². The maximum absolute atomic E-state index is 11.3. The fourth-order valence-corrected chi connectivity index (χ4v) is 2.48. The third kappa shape index (κ3) is 3.44. The van der Waals surface area contributed by atoms with Crippen LogP contribution >= 0.6 is 0 Å². The Kier molecular flexibility index (Phi) is 3.69. The number of hydroxylamine groups is 2. The molecule has 0 unspecified atom stereocenters. The van der Waals surface area contributed by atoms with Gasteiger partial charge in [0.15, 0.2) is 9.84 Å². The predicted octanol–water partition coefficient (Wildman–Crippen LogP) is 1.87. The lowest BCUT2D eigenvalue weighted by atomic mass is 10.2. The molecule has 1 fully saturated rings. The second-order valence-corrected chi connectivity index (χ2v) is 6.34. The van der Waals surface area contributed by atoms with Gasteiger partial charge in [0.1, 0.15) is 5.75 Å². The molecule has 5 heteroatoms. The van der Waals surface area contributed by atoms with Crippen molar-refractivity contribution in [1.82, 2.24) is 5.06 Å².